The molecule has 0 aliphatic carbocycles. The second kappa shape index (κ2) is 6.20. The molecule has 0 unspecified atom stereocenters. The highest BCUT2D eigenvalue weighted by atomic mass is 35.7. The summed E-state index contributed by atoms with van der Waals surface area (Å²) in [6, 6.07) is 6.08. The van der Waals surface area contributed by atoms with Crippen LogP contribution in [0, 0.1) is 11.6 Å². The Bertz CT molecular complexity index is 856. The van der Waals surface area contributed by atoms with E-state index < -0.39 is 26.6 Å². The first-order valence-corrected chi connectivity index (χ1v) is 8.38. The summed E-state index contributed by atoms with van der Waals surface area (Å²) in [6.45, 7) is 0. The first-order valence-electron chi connectivity index (χ1n) is 5.69. The van der Waals surface area contributed by atoms with E-state index in [1.165, 1.54) is 6.07 Å². The quantitative estimate of drug-likeness (QED) is 0.841. The van der Waals surface area contributed by atoms with Crippen LogP contribution < -0.4 is 5.32 Å². The summed E-state index contributed by atoms with van der Waals surface area (Å²) >= 11 is 5.83. The van der Waals surface area contributed by atoms with Crippen LogP contribution in [0.5, 0.6) is 0 Å². The van der Waals surface area contributed by atoms with Crippen LogP contribution in [-0.4, -0.2) is 14.3 Å². The molecule has 1 amide bonds. The zero-order valence-electron chi connectivity index (χ0n) is 10.6. The van der Waals surface area contributed by atoms with Crippen molar-refractivity contribution in [3.63, 3.8) is 0 Å². The van der Waals surface area contributed by atoms with Gasteiger partial charge in [0.1, 0.15) is 0 Å². The number of rotatable bonds is 3. The maximum absolute atomic E-state index is 13.1. The van der Waals surface area contributed by atoms with Gasteiger partial charge in [0.15, 0.2) is 11.6 Å². The molecule has 2 aromatic carbocycles. The topological polar surface area (TPSA) is 63.2 Å². The fourth-order valence-corrected chi connectivity index (χ4v) is 2.58. The summed E-state index contributed by atoms with van der Waals surface area (Å²) in [6.07, 6.45) is 0. The third-order valence-electron chi connectivity index (χ3n) is 2.64. The van der Waals surface area contributed by atoms with Crippen molar-refractivity contribution >= 4 is 42.9 Å². The van der Waals surface area contributed by atoms with Crippen molar-refractivity contribution < 1.29 is 22.0 Å². The lowest BCUT2D eigenvalue weighted by Crippen LogP contribution is -2.13. The van der Waals surface area contributed by atoms with Gasteiger partial charge in [-0.1, -0.05) is 11.6 Å². The predicted octanol–water partition coefficient (Wildman–Crippen LogP) is 3.80. The van der Waals surface area contributed by atoms with Gasteiger partial charge < -0.3 is 5.32 Å². The minimum atomic E-state index is -4.04. The van der Waals surface area contributed by atoms with Gasteiger partial charge in [-0.25, -0.2) is 17.2 Å². The van der Waals surface area contributed by atoms with Gasteiger partial charge in [0.2, 0.25) is 0 Å². The largest absolute Gasteiger partial charge is 0.322 e. The van der Waals surface area contributed by atoms with Crippen molar-refractivity contribution in [1.29, 1.82) is 0 Å². The van der Waals surface area contributed by atoms with E-state index in [0.29, 0.717) is 0 Å². The first kappa shape index (κ1) is 16.7. The van der Waals surface area contributed by atoms with Crippen LogP contribution in [0.15, 0.2) is 41.3 Å². The van der Waals surface area contributed by atoms with Gasteiger partial charge >= 0.3 is 0 Å². The number of nitrogens with one attached hydrogen (secondary N) is 1. The average molecular weight is 366 g/mol. The maximum atomic E-state index is 13.1. The molecule has 0 aromatic heterocycles. The summed E-state index contributed by atoms with van der Waals surface area (Å²) in [5, 5.41) is 2.25. The van der Waals surface area contributed by atoms with Gasteiger partial charge in [-0.15, -0.1) is 0 Å². The molecule has 0 fully saturated rings. The third-order valence-corrected chi connectivity index (χ3v) is 4.32. The van der Waals surface area contributed by atoms with Gasteiger partial charge in [-0.05, 0) is 30.3 Å². The van der Waals surface area contributed by atoms with E-state index in [9.17, 15) is 22.0 Å². The van der Waals surface area contributed by atoms with Crippen molar-refractivity contribution in [1.82, 2.24) is 0 Å². The van der Waals surface area contributed by atoms with E-state index in [2.05, 4.69) is 5.32 Å². The Morgan fingerprint density at radius 3 is 2.32 bits per heavy atom. The number of hydrogen-bond donors (Lipinski definition) is 1. The maximum Gasteiger partial charge on any atom is 0.261 e. The first-order chi connectivity index (χ1) is 10.2. The number of carbonyl (C=O) groups is 1. The van der Waals surface area contributed by atoms with Crippen LogP contribution in [0.3, 0.4) is 0 Å². The molecule has 0 spiro atoms. The van der Waals surface area contributed by atoms with E-state index in [0.717, 1.165) is 30.3 Å². The average Bonchev–Trinajstić information content (AvgIpc) is 2.42. The molecule has 0 aliphatic rings. The highest BCUT2D eigenvalue weighted by Crippen LogP contribution is 2.24. The molecule has 4 nitrogen and oxygen atoms in total. The number of halogens is 4. The Morgan fingerprint density at radius 2 is 1.73 bits per heavy atom. The van der Waals surface area contributed by atoms with Gasteiger partial charge in [-0.2, -0.15) is 0 Å². The summed E-state index contributed by atoms with van der Waals surface area (Å²) in [7, 11) is 1.16. The minimum absolute atomic E-state index is 0.0147. The number of hydrogen-bond acceptors (Lipinski definition) is 3. The molecule has 1 N–H and O–H groups in total. The lowest BCUT2D eigenvalue weighted by molar-refractivity contribution is 0.102. The van der Waals surface area contributed by atoms with E-state index in [1.54, 1.807) is 0 Å². The van der Waals surface area contributed by atoms with Crippen molar-refractivity contribution in [2.75, 3.05) is 5.32 Å². The van der Waals surface area contributed by atoms with Crippen molar-refractivity contribution in [3.05, 3.63) is 58.6 Å². The van der Waals surface area contributed by atoms with Crippen LogP contribution in [0.1, 0.15) is 10.4 Å². The van der Waals surface area contributed by atoms with Gasteiger partial charge in [0.25, 0.3) is 15.0 Å². The standard InChI is InChI=1S/C13H7Cl2F2NO3S/c14-10-3-2-8(22(15,20)21)6-9(10)13(19)18-7-1-4-11(16)12(17)5-7/h1-6H,(H,18,19). The molecule has 0 aliphatic heterocycles. The predicted molar refractivity (Wildman–Crippen MR) is 78.8 cm³/mol. The SMILES string of the molecule is O=C(Nc1ccc(F)c(F)c1)c1cc(S(=O)(=O)Cl)ccc1Cl. The molecule has 9 heteroatoms. The number of carbonyl (C=O) groups excluding carboxylic acids is 1. The van der Waals surface area contributed by atoms with E-state index in [1.807, 2.05) is 0 Å². The summed E-state index contributed by atoms with van der Waals surface area (Å²) < 4.78 is 48.4. The summed E-state index contributed by atoms with van der Waals surface area (Å²) in [4.78, 5) is 11.7. The second-order valence-electron chi connectivity index (χ2n) is 4.16. The molecule has 0 saturated carbocycles. The molecule has 0 radical (unpaired) electrons. The third kappa shape index (κ3) is 3.73. The Balaban J connectivity index is 2.35. The summed E-state index contributed by atoms with van der Waals surface area (Å²) in [5.41, 5.74) is -0.188. The zero-order chi connectivity index (χ0) is 16.5. The van der Waals surface area contributed by atoms with E-state index in [4.69, 9.17) is 22.3 Å². The second-order valence-corrected chi connectivity index (χ2v) is 7.14. The molecule has 0 saturated heterocycles. The lowest BCUT2D eigenvalue weighted by atomic mass is 10.2. The molecule has 0 heterocycles. The Hall–Kier alpha value is -1.70. The van der Waals surface area contributed by atoms with Gasteiger partial charge in [0.05, 0.1) is 15.5 Å². The fraction of sp³-hybridized carbons (Fsp3) is 0. The summed E-state index contributed by atoms with van der Waals surface area (Å²) in [5.74, 6) is -2.99. The number of amides is 1. The van der Waals surface area contributed by atoms with E-state index in [-0.39, 0.29) is 21.2 Å². The monoisotopic (exact) mass is 365 g/mol. The molecular formula is C13H7Cl2F2NO3S. The molecule has 0 atom stereocenters. The number of benzene rings is 2. The highest BCUT2D eigenvalue weighted by Gasteiger charge is 2.17. The van der Waals surface area contributed by atoms with Crippen molar-refractivity contribution in [2.24, 2.45) is 0 Å². The molecule has 2 aromatic rings. The molecule has 116 valence electrons. The van der Waals surface area contributed by atoms with Crippen LogP contribution in [-0.2, 0) is 9.05 Å². The molecular weight excluding hydrogens is 359 g/mol. The Labute approximate surface area is 134 Å². The van der Waals surface area contributed by atoms with Crippen LogP contribution in [0.25, 0.3) is 0 Å². The molecule has 2 rings (SSSR count). The number of anilines is 1. The van der Waals surface area contributed by atoms with E-state index >= 15 is 0 Å². The normalized spacial score (nSPS) is 11.3. The lowest BCUT2D eigenvalue weighted by Gasteiger charge is -2.08. The van der Waals surface area contributed by atoms with Crippen molar-refractivity contribution in [3.8, 4) is 0 Å². The minimum Gasteiger partial charge on any atom is -0.322 e. The Morgan fingerprint density at radius 1 is 1.05 bits per heavy atom. The van der Waals surface area contributed by atoms with Crippen LogP contribution in [0.2, 0.25) is 5.02 Å². The van der Waals surface area contributed by atoms with Gasteiger partial charge in [0, 0.05) is 22.4 Å². The molecule has 22 heavy (non-hydrogen) atoms. The van der Waals surface area contributed by atoms with Gasteiger partial charge in [-0.3, -0.25) is 4.79 Å². The van der Waals surface area contributed by atoms with Crippen molar-refractivity contribution in [2.45, 2.75) is 4.90 Å². The highest BCUT2D eigenvalue weighted by molar-refractivity contribution is 8.13. The van der Waals surface area contributed by atoms with Crippen LogP contribution in [0.4, 0.5) is 14.5 Å². The zero-order valence-corrected chi connectivity index (χ0v) is 12.9. The fourth-order valence-electron chi connectivity index (χ4n) is 1.60. The van der Waals surface area contributed by atoms with Crippen LogP contribution >= 0.6 is 22.3 Å². The Kier molecular flexibility index (Phi) is 4.69. The smallest absolute Gasteiger partial charge is 0.261 e. The molecule has 0 bridgehead atoms.